The molecule has 2 rings (SSSR count). The summed E-state index contributed by atoms with van der Waals surface area (Å²) in [6, 6.07) is 6.18. The van der Waals surface area contributed by atoms with Crippen LogP contribution in [0.5, 0.6) is 5.75 Å². The number of benzene rings is 1. The topological polar surface area (TPSA) is 45.3 Å². The van der Waals surface area contributed by atoms with Crippen LogP contribution in [0.1, 0.15) is 53.5 Å². The van der Waals surface area contributed by atoms with Gasteiger partial charge in [0.15, 0.2) is 0 Å². The quantitative estimate of drug-likeness (QED) is 0.782. The fraction of sp³-hybridized carbons (Fsp3) is 0.591. The Morgan fingerprint density at radius 2 is 1.88 bits per heavy atom. The van der Waals surface area contributed by atoms with Crippen LogP contribution in [0.4, 0.5) is 0 Å². The fourth-order valence-corrected chi connectivity index (χ4v) is 2.86. The van der Waals surface area contributed by atoms with E-state index < -0.39 is 0 Å². The molecule has 0 amide bonds. The van der Waals surface area contributed by atoms with E-state index in [4.69, 9.17) is 4.74 Å². The number of hydrogen-bond acceptors (Lipinski definition) is 3. The molecule has 1 aromatic heterocycles. The average Bonchev–Trinajstić information content (AvgIpc) is 2.86. The highest BCUT2D eigenvalue weighted by molar-refractivity contribution is 5.89. The van der Waals surface area contributed by atoms with Crippen LogP contribution in [-0.2, 0) is 11.2 Å². The Bertz CT molecular complexity index is 694. The van der Waals surface area contributed by atoms with Crippen LogP contribution < -0.4 is 4.74 Å². The van der Waals surface area contributed by atoms with Gasteiger partial charge in [-0.1, -0.05) is 26.8 Å². The number of carbonyl (C=O) groups excluding carboxylic acids is 1. The standard InChI is InChI=1S/C15H22N2O.C7H14O/c1-11(2)18-14-7-5-6-13-15(14)12(10-16-13)8-9-17(3)4;1-6(8)5-7(2,3)4/h5-7,10-11,16H,8-9H2,1-4H3;5H2,1-4H3. The van der Waals surface area contributed by atoms with Crippen LogP contribution >= 0.6 is 0 Å². The van der Waals surface area contributed by atoms with Crippen molar-refractivity contribution in [2.45, 2.75) is 60.5 Å². The molecule has 0 bridgehead atoms. The van der Waals surface area contributed by atoms with Crippen molar-refractivity contribution in [2.24, 2.45) is 5.41 Å². The molecule has 0 aliphatic carbocycles. The van der Waals surface area contributed by atoms with Gasteiger partial charge in [-0.25, -0.2) is 0 Å². The van der Waals surface area contributed by atoms with Crippen molar-refractivity contribution in [3.8, 4) is 5.75 Å². The molecule has 0 aliphatic rings. The van der Waals surface area contributed by atoms with Crippen molar-refractivity contribution in [2.75, 3.05) is 20.6 Å². The SMILES string of the molecule is CC(=O)CC(C)(C)C.CC(C)Oc1cccc2[nH]cc(CCN(C)C)c12. The largest absolute Gasteiger partial charge is 0.490 e. The first-order chi connectivity index (χ1) is 12.0. The van der Waals surface area contributed by atoms with Gasteiger partial charge >= 0.3 is 0 Å². The number of aromatic amines is 1. The fourth-order valence-electron chi connectivity index (χ4n) is 2.86. The molecular weight excluding hydrogens is 324 g/mol. The molecule has 0 atom stereocenters. The van der Waals surface area contributed by atoms with Gasteiger partial charge in [0.25, 0.3) is 0 Å². The first-order valence-electron chi connectivity index (χ1n) is 9.39. The van der Waals surface area contributed by atoms with E-state index in [1.807, 2.05) is 6.07 Å². The van der Waals surface area contributed by atoms with Crippen LogP contribution in [0.15, 0.2) is 24.4 Å². The van der Waals surface area contributed by atoms with Crippen LogP contribution in [0.3, 0.4) is 0 Å². The number of carbonyl (C=O) groups is 1. The number of nitrogens with zero attached hydrogens (tertiary/aromatic N) is 1. The molecule has 0 unspecified atom stereocenters. The van der Waals surface area contributed by atoms with E-state index in [9.17, 15) is 4.79 Å². The van der Waals surface area contributed by atoms with E-state index in [1.54, 1.807) is 6.92 Å². The van der Waals surface area contributed by atoms with E-state index in [0.29, 0.717) is 6.42 Å². The second-order valence-corrected chi connectivity index (χ2v) is 8.65. The molecule has 2 aromatic rings. The Kier molecular flexibility index (Phi) is 8.35. The summed E-state index contributed by atoms with van der Waals surface area (Å²) in [4.78, 5) is 16.0. The Balaban J connectivity index is 0.000000359. The molecule has 4 heteroatoms. The summed E-state index contributed by atoms with van der Waals surface area (Å²) in [5.41, 5.74) is 2.66. The van der Waals surface area contributed by atoms with Gasteiger partial charge in [0, 0.05) is 30.1 Å². The predicted octanol–water partition coefficient (Wildman–Crippen LogP) is 5.07. The van der Waals surface area contributed by atoms with Crippen LogP contribution in [-0.4, -0.2) is 42.4 Å². The molecule has 146 valence electrons. The summed E-state index contributed by atoms with van der Waals surface area (Å²) in [5, 5.41) is 1.23. The lowest BCUT2D eigenvalue weighted by Crippen LogP contribution is -2.15. The molecule has 0 saturated heterocycles. The zero-order valence-corrected chi connectivity index (χ0v) is 17.8. The second kappa shape index (κ2) is 9.77. The highest BCUT2D eigenvalue weighted by Crippen LogP contribution is 2.29. The molecule has 4 nitrogen and oxygen atoms in total. The zero-order valence-electron chi connectivity index (χ0n) is 17.8. The summed E-state index contributed by atoms with van der Waals surface area (Å²) in [6.07, 6.45) is 4.02. The van der Waals surface area contributed by atoms with Crippen molar-refractivity contribution in [1.29, 1.82) is 0 Å². The number of fused-ring (bicyclic) bond motifs is 1. The molecule has 0 saturated carbocycles. The van der Waals surface area contributed by atoms with E-state index in [-0.39, 0.29) is 17.3 Å². The molecule has 26 heavy (non-hydrogen) atoms. The number of nitrogens with one attached hydrogen (secondary N) is 1. The van der Waals surface area contributed by atoms with Crippen molar-refractivity contribution >= 4 is 16.7 Å². The predicted molar refractivity (Wildman–Crippen MR) is 111 cm³/mol. The third-order valence-corrected chi connectivity index (χ3v) is 3.72. The van der Waals surface area contributed by atoms with Crippen LogP contribution in [0, 0.1) is 5.41 Å². The van der Waals surface area contributed by atoms with E-state index in [2.05, 4.69) is 76.9 Å². The molecular formula is C22H36N2O2. The highest BCUT2D eigenvalue weighted by Gasteiger charge is 2.12. The van der Waals surface area contributed by atoms with Gasteiger partial charge < -0.3 is 19.4 Å². The number of ketones is 1. The maximum absolute atomic E-state index is 10.5. The van der Waals surface area contributed by atoms with Gasteiger partial charge in [-0.3, -0.25) is 0 Å². The van der Waals surface area contributed by atoms with Gasteiger partial charge in [-0.05, 0) is 64.4 Å². The summed E-state index contributed by atoms with van der Waals surface area (Å²) < 4.78 is 5.90. The normalized spacial score (nSPS) is 11.6. The zero-order chi connectivity index (χ0) is 19.9. The van der Waals surface area contributed by atoms with Gasteiger partial charge in [0.1, 0.15) is 11.5 Å². The Morgan fingerprint density at radius 1 is 1.23 bits per heavy atom. The number of Topliss-reactive ketones (excluding diaryl/α,β-unsaturated/α-hetero) is 1. The number of hydrogen-bond donors (Lipinski definition) is 1. The molecule has 0 aliphatic heterocycles. The smallest absolute Gasteiger partial charge is 0.130 e. The minimum absolute atomic E-state index is 0.172. The third-order valence-electron chi connectivity index (χ3n) is 3.72. The average molecular weight is 361 g/mol. The molecule has 1 N–H and O–H groups in total. The number of aromatic nitrogens is 1. The monoisotopic (exact) mass is 360 g/mol. The first-order valence-corrected chi connectivity index (χ1v) is 9.39. The summed E-state index contributed by atoms with van der Waals surface area (Å²) in [5.74, 6) is 1.26. The lowest BCUT2D eigenvalue weighted by molar-refractivity contribution is -0.118. The minimum Gasteiger partial charge on any atom is -0.490 e. The van der Waals surface area contributed by atoms with Crippen molar-refractivity contribution in [1.82, 2.24) is 9.88 Å². The van der Waals surface area contributed by atoms with Crippen LogP contribution in [0.25, 0.3) is 10.9 Å². The molecule has 0 radical (unpaired) electrons. The molecule has 1 aromatic carbocycles. The van der Waals surface area contributed by atoms with E-state index in [1.165, 1.54) is 10.9 Å². The van der Waals surface area contributed by atoms with Crippen LogP contribution in [0.2, 0.25) is 0 Å². The molecule has 1 heterocycles. The Labute approximate surface area is 158 Å². The highest BCUT2D eigenvalue weighted by atomic mass is 16.5. The maximum atomic E-state index is 10.5. The number of likely N-dealkylation sites (N-methyl/N-ethyl adjacent to an activating group) is 1. The van der Waals surface area contributed by atoms with E-state index in [0.717, 1.165) is 24.2 Å². The summed E-state index contributed by atoms with van der Waals surface area (Å²) in [6.45, 7) is 13.0. The van der Waals surface area contributed by atoms with Crippen molar-refractivity contribution in [3.05, 3.63) is 30.0 Å². The van der Waals surface area contributed by atoms with Gasteiger partial charge in [0.2, 0.25) is 0 Å². The summed E-state index contributed by atoms with van der Waals surface area (Å²) in [7, 11) is 4.20. The van der Waals surface area contributed by atoms with Crippen molar-refractivity contribution < 1.29 is 9.53 Å². The first kappa shape index (κ1) is 22.2. The molecule has 0 fully saturated rings. The third kappa shape index (κ3) is 8.05. The maximum Gasteiger partial charge on any atom is 0.130 e. The van der Waals surface area contributed by atoms with Gasteiger partial charge in [-0.15, -0.1) is 0 Å². The molecule has 0 spiro atoms. The van der Waals surface area contributed by atoms with Gasteiger partial charge in [0.05, 0.1) is 6.10 Å². The lowest BCUT2D eigenvalue weighted by Gasteiger charge is -2.14. The number of H-pyrrole nitrogens is 1. The second-order valence-electron chi connectivity index (χ2n) is 8.65. The van der Waals surface area contributed by atoms with E-state index >= 15 is 0 Å². The van der Waals surface area contributed by atoms with Gasteiger partial charge in [-0.2, -0.15) is 0 Å². The number of ether oxygens (including phenoxy) is 1. The Hall–Kier alpha value is -1.81. The van der Waals surface area contributed by atoms with Crippen molar-refractivity contribution in [3.63, 3.8) is 0 Å². The summed E-state index contributed by atoms with van der Waals surface area (Å²) >= 11 is 0. The Morgan fingerprint density at radius 3 is 2.35 bits per heavy atom. The minimum atomic E-state index is 0.172. The number of rotatable bonds is 6. The lowest BCUT2D eigenvalue weighted by atomic mass is 9.91.